The van der Waals surface area contributed by atoms with Crippen LogP contribution in [0.1, 0.15) is 13.3 Å². The van der Waals surface area contributed by atoms with Crippen LogP contribution in [0.25, 0.3) is 0 Å². The summed E-state index contributed by atoms with van der Waals surface area (Å²) in [6, 6.07) is 7.71. The molecule has 0 saturated carbocycles. The Morgan fingerprint density at radius 2 is 2.17 bits per heavy atom. The minimum Gasteiger partial charge on any atom is -0.459 e. The number of quaternary nitrogens is 1. The summed E-state index contributed by atoms with van der Waals surface area (Å²) in [6.07, 6.45) is 4.65. The molecule has 0 atom stereocenters. The summed E-state index contributed by atoms with van der Waals surface area (Å²) >= 11 is 0. The Hall–Kier alpha value is -1.28. The van der Waals surface area contributed by atoms with E-state index in [1.165, 1.54) is 0 Å². The molecule has 0 amide bonds. The highest BCUT2D eigenvalue weighted by molar-refractivity contribution is 5.44. The summed E-state index contributed by atoms with van der Waals surface area (Å²) < 4.78 is 5.33. The van der Waals surface area contributed by atoms with Crippen LogP contribution in [0.3, 0.4) is 0 Å². The van der Waals surface area contributed by atoms with E-state index in [4.69, 9.17) is 4.74 Å². The first-order chi connectivity index (χ1) is 5.84. The Morgan fingerprint density at radius 1 is 1.42 bits per heavy atom. The molecule has 2 nitrogen and oxygen atoms in total. The molecule has 0 aliphatic rings. The molecule has 0 unspecified atom stereocenters. The Kier molecular flexibility index (Phi) is 3.35. The van der Waals surface area contributed by atoms with Crippen molar-refractivity contribution >= 4 is 5.69 Å². The quantitative estimate of drug-likeness (QED) is 0.680. The van der Waals surface area contributed by atoms with E-state index in [2.05, 4.69) is 12.7 Å². The molecule has 0 fully saturated rings. The van der Waals surface area contributed by atoms with Gasteiger partial charge in [-0.2, -0.15) is 0 Å². The van der Waals surface area contributed by atoms with E-state index >= 15 is 0 Å². The molecule has 0 saturated heterocycles. The van der Waals surface area contributed by atoms with Gasteiger partial charge in [0.25, 0.3) is 0 Å². The van der Waals surface area contributed by atoms with Gasteiger partial charge in [0.05, 0.1) is 6.26 Å². The standard InChI is InChI=1S/C10H13NO/c1-2-3-8-12-10-7-5-4-6-9(10)11/h3-8H,2,11H2,1H3/p+1/b8-3+. The first-order valence-corrected chi connectivity index (χ1v) is 4.07. The zero-order chi connectivity index (χ0) is 8.81. The van der Waals surface area contributed by atoms with Crippen LogP contribution in [0.2, 0.25) is 0 Å². The molecule has 64 valence electrons. The number of benzene rings is 1. The van der Waals surface area contributed by atoms with E-state index < -0.39 is 0 Å². The van der Waals surface area contributed by atoms with Gasteiger partial charge in [0, 0.05) is 6.07 Å². The lowest BCUT2D eigenvalue weighted by atomic mass is 10.3. The average molecular weight is 164 g/mol. The topological polar surface area (TPSA) is 36.9 Å². The van der Waals surface area contributed by atoms with Gasteiger partial charge in [-0.25, -0.2) is 0 Å². The van der Waals surface area contributed by atoms with Gasteiger partial charge in [-0.05, 0) is 18.6 Å². The fourth-order valence-corrected chi connectivity index (χ4v) is 0.836. The molecule has 0 heterocycles. The van der Waals surface area contributed by atoms with E-state index in [0.29, 0.717) is 0 Å². The molecule has 0 aromatic heterocycles. The van der Waals surface area contributed by atoms with Crippen LogP contribution in [-0.2, 0) is 0 Å². The van der Waals surface area contributed by atoms with Gasteiger partial charge < -0.3 is 10.5 Å². The minimum absolute atomic E-state index is 0.821. The monoisotopic (exact) mass is 164 g/mol. The van der Waals surface area contributed by atoms with Crippen molar-refractivity contribution in [2.45, 2.75) is 13.3 Å². The van der Waals surface area contributed by atoms with E-state index in [0.717, 1.165) is 17.9 Å². The van der Waals surface area contributed by atoms with E-state index in [9.17, 15) is 0 Å². The second-order valence-corrected chi connectivity index (χ2v) is 2.51. The molecular formula is C10H14NO+. The van der Waals surface area contributed by atoms with E-state index in [-0.39, 0.29) is 0 Å². The predicted molar refractivity (Wildman–Crippen MR) is 49.0 cm³/mol. The zero-order valence-corrected chi connectivity index (χ0v) is 7.29. The predicted octanol–water partition coefficient (Wildman–Crippen LogP) is 1.86. The van der Waals surface area contributed by atoms with Crippen molar-refractivity contribution in [3.63, 3.8) is 0 Å². The third kappa shape index (κ3) is 2.40. The fraction of sp³-hybridized carbons (Fsp3) is 0.200. The molecule has 1 aromatic rings. The van der Waals surface area contributed by atoms with Crippen LogP contribution >= 0.6 is 0 Å². The van der Waals surface area contributed by atoms with Gasteiger partial charge >= 0.3 is 0 Å². The maximum absolute atomic E-state index is 5.33. The fourth-order valence-electron chi connectivity index (χ4n) is 0.836. The van der Waals surface area contributed by atoms with Crippen molar-refractivity contribution in [3.8, 4) is 5.75 Å². The van der Waals surface area contributed by atoms with Crippen LogP contribution < -0.4 is 10.5 Å². The van der Waals surface area contributed by atoms with Gasteiger partial charge in [0.15, 0.2) is 11.4 Å². The first-order valence-electron chi connectivity index (χ1n) is 4.07. The summed E-state index contributed by atoms with van der Waals surface area (Å²) in [6.45, 7) is 2.07. The molecule has 2 heteroatoms. The molecule has 12 heavy (non-hydrogen) atoms. The molecule has 0 radical (unpaired) electrons. The summed E-state index contributed by atoms with van der Waals surface area (Å²) in [5.74, 6) is 0.821. The number of hydrogen-bond donors (Lipinski definition) is 1. The van der Waals surface area contributed by atoms with E-state index in [1.54, 1.807) is 6.26 Å². The molecule has 0 aliphatic heterocycles. The smallest absolute Gasteiger partial charge is 0.186 e. The summed E-state index contributed by atoms with van der Waals surface area (Å²) in [7, 11) is 0. The number of para-hydroxylation sites is 1. The van der Waals surface area contributed by atoms with Gasteiger partial charge in [-0.1, -0.05) is 19.1 Å². The highest BCUT2D eigenvalue weighted by atomic mass is 16.5. The molecule has 0 aliphatic carbocycles. The number of hydrogen-bond acceptors (Lipinski definition) is 1. The first kappa shape index (κ1) is 8.81. The van der Waals surface area contributed by atoms with Crippen molar-refractivity contribution in [1.29, 1.82) is 0 Å². The Balaban J connectivity index is 2.63. The number of ether oxygens (including phenoxy) is 1. The lowest BCUT2D eigenvalue weighted by Gasteiger charge is -1.99. The second-order valence-electron chi connectivity index (χ2n) is 2.51. The Bertz CT molecular complexity index is 268. The minimum atomic E-state index is 0.821. The van der Waals surface area contributed by atoms with Crippen molar-refractivity contribution in [2.24, 2.45) is 0 Å². The van der Waals surface area contributed by atoms with Crippen molar-refractivity contribution in [3.05, 3.63) is 36.6 Å². The van der Waals surface area contributed by atoms with Gasteiger partial charge in [-0.15, -0.1) is 0 Å². The molecule has 3 N–H and O–H groups in total. The van der Waals surface area contributed by atoms with E-state index in [1.807, 2.05) is 30.3 Å². The molecule has 0 spiro atoms. The zero-order valence-electron chi connectivity index (χ0n) is 7.29. The average Bonchev–Trinajstić information content (AvgIpc) is 2.09. The Labute approximate surface area is 72.7 Å². The van der Waals surface area contributed by atoms with Crippen molar-refractivity contribution in [2.75, 3.05) is 0 Å². The SMILES string of the molecule is CC/C=C/Oc1ccccc1[NH3+]. The normalized spacial score (nSPS) is 10.5. The highest BCUT2D eigenvalue weighted by Crippen LogP contribution is 2.17. The van der Waals surface area contributed by atoms with Crippen molar-refractivity contribution < 1.29 is 10.5 Å². The third-order valence-electron chi connectivity index (χ3n) is 1.50. The van der Waals surface area contributed by atoms with Crippen LogP contribution in [0.15, 0.2) is 36.6 Å². The third-order valence-corrected chi connectivity index (χ3v) is 1.50. The second kappa shape index (κ2) is 4.57. The summed E-state index contributed by atoms with van der Waals surface area (Å²) in [5, 5.41) is 0. The van der Waals surface area contributed by atoms with Gasteiger partial charge in [0.2, 0.25) is 0 Å². The largest absolute Gasteiger partial charge is 0.459 e. The van der Waals surface area contributed by atoms with Crippen LogP contribution in [0, 0.1) is 0 Å². The highest BCUT2D eigenvalue weighted by Gasteiger charge is 1.97. The molecular weight excluding hydrogens is 150 g/mol. The lowest BCUT2D eigenvalue weighted by molar-refractivity contribution is -0.256. The summed E-state index contributed by atoms with van der Waals surface area (Å²) in [4.78, 5) is 0. The lowest BCUT2D eigenvalue weighted by Crippen LogP contribution is -2.40. The Morgan fingerprint density at radius 3 is 2.83 bits per heavy atom. The van der Waals surface area contributed by atoms with Crippen molar-refractivity contribution in [1.82, 2.24) is 0 Å². The summed E-state index contributed by atoms with van der Waals surface area (Å²) in [5.41, 5.74) is 4.76. The maximum atomic E-state index is 5.33. The van der Waals surface area contributed by atoms with Crippen LogP contribution in [-0.4, -0.2) is 0 Å². The molecule has 1 aromatic carbocycles. The van der Waals surface area contributed by atoms with Crippen LogP contribution in [0.4, 0.5) is 5.69 Å². The van der Waals surface area contributed by atoms with Crippen LogP contribution in [0.5, 0.6) is 5.75 Å². The number of allylic oxidation sites excluding steroid dienone is 1. The molecule has 1 rings (SSSR count). The molecule has 0 bridgehead atoms. The maximum Gasteiger partial charge on any atom is 0.186 e. The van der Waals surface area contributed by atoms with Gasteiger partial charge in [0.1, 0.15) is 0 Å². The number of rotatable bonds is 3. The van der Waals surface area contributed by atoms with Gasteiger partial charge in [-0.3, -0.25) is 0 Å².